The van der Waals surface area contributed by atoms with Crippen molar-refractivity contribution in [3.05, 3.63) is 265 Å². The van der Waals surface area contributed by atoms with Gasteiger partial charge in [-0.2, -0.15) is 0 Å². The molecule has 2 nitrogen and oxygen atoms in total. The van der Waals surface area contributed by atoms with E-state index >= 15 is 0 Å². The van der Waals surface area contributed by atoms with E-state index < -0.39 is 5.41 Å². The summed E-state index contributed by atoms with van der Waals surface area (Å²) in [5.41, 5.74) is 21.6. The van der Waals surface area contributed by atoms with Crippen molar-refractivity contribution in [1.82, 2.24) is 4.57 Å². The highest BCUT2D eigenvalue weighted by Crippen LogP contribution is 2.61. The van der Waals surface area contributed by atoms with Crippen molar-refractivity contribution < 1.29 is 0 Å². The summed E-state index contributed by atoms with van der Waals surface area (Å²) < 4.78 is 2.54. The highest BCUT2D eigenvalue weighted by atomic mass is 15.1. The van der Waals surface area contributed by atoms with Crippen LogP contribution in [0.5, 0.6) is 0 Å². The Morgan fingerprint density at radius 2 is 0.841 bits per heavy atom. The Morgan fingerprint density at radius 1 is 0.317 bits per heavy atom. The quantitative estimate of drug-likeness (QED) is 0.163. The zero-order chi connectivity index (χ0) is 41.5. The fourth-order valence-electron chi connectivity index (χ4n) is 11.0. The normalized spacial score (nSPS) is 12.9. The SMILES string of the molecule is c1ccc(-c2cccc(-c3ccccc3N(c3cccc(-c4ccccc4)c3)c3ccc4c(c3)c3cccc5c3n4-c3ccccc3C53c4ccccc4-c4ccccc43)c2)cc1. The van der Waals surface area contributed by atoms with Crippen LogP contribution in [-0.2, 0) is 5.41 Å². The highest BCUT2D eigenvalue weighted by molar-refractivity contribution is 6.14. The Bertz CT molecular complexity index is 3530. The van der Waals surface area contributed by atoms with E-state index in [4.69, 9.17) is 0 Å². The van der Waals surface area contributed by atoms with Crippen LogP contribution in [0.15, 0.2) is 243 Å². The number of fused-ring (bicyclic) bond motifs is 12. The van der Waals surface area contributed by atoms with Crippen molar-refractivity contribution >= 4 is 38.9 Å². The third-order valence-electron chi connectivity index (χ3n) is 13.6. The Labute approximate surface area is 367 Å². The maximum atomic E-state index is 2.54. The molecule has 0 atom stereocenters. The highest BCUT2D eigenvalue weighted by Gasteiger charge is 2.50. The number of para-hydroxylation sites is 3. The molecule has 294 valence electrons. The topological polar surface area (TPSA) is 8.17 Å². The van der Waals surface area contributed by atoms with Gasteiger partial charge >= 0.3 is 0 Å². The zero-order valence-corrected chi connectivity index (χ0v) is 34.5. The van der Waals surface area contributed by atoms with Gasteiger partial charge in [0.15, 0.2) is 0 Å². The number of anilines is 3. The number of rotatable bonds is 6. The minimum Gasteiger partial charge on any atom is -0.310 e. The van der Waals surface area contributed by atoms with Crippen molar-refractivity contribution in [2.45, 2.75) is 5.41 Å². The summed E-state index contributed by atoms with van der Waals surface area (Å²) in [5.74, 6) is 0. The lowest BCUT2D eigenvalue weighted by Crippen LogP contribution is -2.33. The van der Waals surface area contributed by atoms with Crippen molar-refractivity contribution in [1.29, 1.82) is 0 Å². The number of nitrogens with zero attached hydrogens (tertiary/aromatic N) is 2. The molecular weight excluding hydrogens is 761 g/mol. The molecule has 11 aromatic rings. The monoisotopic (exact) mass is 800 g/mol. The molecule has 0 amide bonds. The Morgan fingerprint density at radius 3 is 1.57 bits per heavy atom. The van der Waals surface area contributed by atoms with Crippen molar-refractivity contribution in [2.75, 3.05) is 4.90 Å². The molecule has 0 radical (unpaired) electrons. The lowest BCUT2D eigenvalue weighted by molar-refractivity contribution is 0.748. The summed E-state index contributed by atoms with van der Waals surface area (Å²) in [6, 6.07) is 89.5. The van der Waals surface area contributed by atoms with Crippen LogP contribution in [0, 0.1) is 0 Å². The van der Waals surface area contributed by atoms with E-state index in [1.807, 2.05) is 0 Å². The third-order valence-corrected chi connectivity index (χ3v) is 13.6. The van der Waals surface area contributed by atoms with Crippen LogP contribution in [0.1, 0.15) is 22.3 Å². The summed E-state index contributed by atoms with van der Waals surface area (Å²) in [7, 11) is 0. The Kier molecular flexibility index (Phi) is 7.85. The molecule has 2 heteroatoms. The number of hydrogen-bond donors (Lipinski definition) is 0. The first-order valence-electron chi connectivity index (χ1n) is 21.8. The third kappa shape index (κ3) is 5.19. The summed E-state index contributed by atoms with van der Waals surface area (Å²) >= 11 is 0. The molecule has 0 N–H and O–H groups in total. The van der Waals surface area contributed by atoms with E-state index in [0.717, 1.165) is 22.6 Å². The molecule has 1 aliphatic carbocycles. The second-order valence-electron chi connectivity index (χ2n) is 16.8. The fraction of sp³-hybridized carbons (Fsp3) is 0.0164. The molecule has 0 unspecified atom stereocenters. The van der Waals surface area contributed by atoms with Crippen LogP contribution in [-0.4, -0.2) is 4.57 Å². The molecule has 10 aromatic carbocycles. The first kappa shape index (κ1) is 35.5. The molecule has 13 rings (SSSR count). The van der Waals surface area contributed by atoms with Gasteiger partial charge in [0.2, 0.25) is 0 Å². The van der Waals surface area contributed by atoms with E-state index in [9.17, 15) is 0 Å². The molecule has 1 aliphatic heterocycles. The predicted molar refractivity (Wildman–Crippen MR) is 263 cm³/mol. The van der Waals surface area contributed by atoms with Gasteiger partial charge in [0.1, 0.15) is 0 Å². The lowest BCUT2D eigenvalue weighted by Gasteiger charge is -2.39. The summed E-state index contributed by atoms with van der Waals surface area (Å²) in [4.78, 5) is 2.46. The van der Waals surface area contributed by atoms with E-state index in [1.165, 1.54) is 88.7 Å². The molecule has 2 heterocycles. The minimum absolute atomic E-state index is 0.451. The van der Waals surface area contributed by atoms with Crippen LogP contribution in [0.4, 0.5) is 17.1 Å². The van der Waals surface area contributed by atoms with E-state index in [2.05, 4.69) is 252 Å². The van der Waals surface area contributed by atoms with Gasteiger partial charge in [0.25, 0.3) is 0 Å². The van der Waals surface area contributed by atoms with Gasteiger partial charge in [-0.15, -0.1) is 0 Å². The summed E-state index contributed by atoms with van der Waals surface area (Å²) in [6.07, 6.45) is 0. The van der Waals surface area contributed by atoms with Gasteiger partial charge in [0.05, 0.1) is 27.8 Å². The maximum absolute atomic E-state index is 2.54. The van der Waals surface area contributed by atoms with E-state index in [0.29, 0.717) is 0 Å². The first-order valence-corrected chi connectivity index (χ1v) is 21.8. The van der Waals surface area contributed by atoms with Crippen LogP contribution in [0.2, 0.25) is 0 Å². The van der Waals surface area contributed by atoms with Gasteiger partial charge < -0.3 is 9.47 Å². The standard InChI is InChI=1S/C61H40N2/c1-3-18-41(19-4-1)43-22-15-24-45(38-43)48-26-9-13-34-57(48)62(46-25-16-23-44(39-46)42-20-5-2-6-21-42)47-36-37-58-52(40-47)51-29-17-33-56-60(51)63(58)59-35-14-12-32-55(59)61(56)53-30-10-7-27-49(53)50-28-8-11-31-54(50)61/h1-40H. The Hall–Kier alpha value is -8.20. The molecule has 2 aliphatic rings. The second kappa shape index (κ2) is 13.9. The maximum Gasteiger partial charge on any atom is 0.0754 e. The lowest BCUT2D eigenvalue weighted by atomic mass is 9.65. The largest absolute Gasteiger partial charge is 0.310 e. The summed E-state index contributed by atoms with van der Waals surface area (Å²) in [6.45, 7) is 0. The van der Waals surface area contributed by atoms with Gasteiger partial charge in [0, 0.05) is 27.7 Å². The molecule has 63 heavy (non-hydrogen) atoms. The molecule has 0 fully saturated rings. The Balaban J connectivity index is 1.07. The van der Waals surface area contributed by atoms with E-state index in [1.54, 1.807) is 0 Å². The number of benzene rings is 10. The van der Waals surface area contributed by atoms with Gasteiger partial charge in [-0.05, 0) is 110 Å². The molecular formula is C61H40N2. The molecule has 0 saturated carbocycles. The smallest absolute Gasteiger partial charge is 0.0754 e. The van der Waals surface area contributed by atoms with Crippen LogP contribution >= 0.6 is 0 Å². The second-order valence-corrected chi connectivity index (χ2v) is 16.8. The van der Waals surface area contributed by atoms with Crippen molar-refractivity contribution in [3.63, 3.8) is 0 Å². The molecule has 1 spiro atoms. The number of aromatic nitrogens is 1. The van der Waals surface area contributed by atoms with Crippen LogP contribution < -0.4 is 4.90 Å². The van der Waals surface area contributed by atoms with Crippen molar-refractivity contribution in [3.8, 4) is 50.2 Å². The number of hydrogen-bond acceptors (Lipinski definition) is 1. The zero-order valence-electron chi connectivity index (χ0n) is 34.5. The predicted octanol–water partition coefficient (Wildman–Crippen LogP) is 15.9. The van der Waals surface area contributed by atoms with Crippen LogP contribution in [0.3, 0.4) is 0 Å². The van der Waals surface area contributed by atoms with E-state index in [-0.39, 0.29) is 0 Å². The molecule has 0 bridgehead atoms. The first-order chi connectivity index (χ1) is 31.3. The fourth-order valence-corrected chi connectivity index (χ4v) is 11.0. The van der Waals surface area contributed by atoms with Gasteiger partial charge in [-0.1, -0.05) is 194 Å². The van der Waals surface area contributed by atoms with Gasteiger partial charge in [-0.25, -0.2) is 0 Å². The minimum atomic E-state index is -0.451. The van der Waals surface area contributed by atoms with Crippen molar-refractivity contribution in [2.24, 2.45) is 0 Å². The van der Waals surface area contributed by atoms with Gasteiger partial charge in [-0.3, -0.25) is 0 Å². The average molecular weight is 801 g/mol. The molecule has 0 saturated heterocycles. The van der Waals surface area contributed by atoms with Crippen LogP contribution in [0.25, 0.3) is 72.0 Å². The average Bonchev–Trinajstić information content (AvgIpc) is 3.85. The summed E-state index contributed by atoms with van der Waals surface area (Å²) in [5, 5.41) is 2.48. The molecule has 1 aromatic heterocycles.